The summed E-state index contributed by atoms with van der Waals surface area (Å²) >= 11 is 0. The zero-order valence-corrected chi connectivity index (χ0v) is 9.80. The fourth-order valence-electron chi connectivity index (χ4n) is 1.25. The predicted octanol–water partition coefficient (Wildman–Crippen LogP) is 2.20. The van der Waals surface area contributed by atoms with Gasteiger partial charge in [-0.3, -0.25) is 4.79 Å². The summed E-state index contributed by atoms with van der Waals surface area (Å²) in [4.78, 5) is 11.1. The zero-order chi connectivity index (χ0) is 11.3. The van der Waals surface area contributed by atoms with E-state index in [9.17, 15) is 9.18 Å². The summed E-state index contributed by atoms with van der Waals surface area (Å²) in [6, 6.07) is 5.40. The normalized spacial score (nSPS) is 11.4. The number of halogens is 2. The Bertz CT molecular complexity index is 347. The van der Waals surface area contributed by atoms with Gasteiger partial charge in [0, 0.05) is 6.04 Å². The first-order valence-electron chi connectivity index (χ1n) is 4.80. The molecule has 0 heterocycles. The Morgan fingerprint density at radius 3 is 2.81 bits per heavy atom. The van der Waals surface area contributed by atoms with Crippen molar-refractivity contribution in [2.75, 3.05) is 6.61 Å². The molecule has 1 aromatic carbocycles. The second-order valence-corrected chi connectivity index (χ2v) is 3.17. The van der Waals surface area contributed by atoms with Crippen molar-refractivity contribution in [2.24, 2.45) is 5.73 Å². The molecule has 0 amide bonds. The molecule has 0 spiro atoms. The van der Waals surface area contributed by atoms with Crippen molar-refractivity contribution in [2.45, 2.75) is 19.4 Å². The van der Waals surface area contributed by atoms with Crippen LogP contribution >= 0.6 is 12.4 Å². The maximum absolute atomic E-state index is 12.8. The Kier molecular flexibility index (Phi) is 6.69. The summed E-state index contributed by atoms with van der Waals surface area (Å²) in [6.07, 6.45) is 0.0668. The molecule has 16 heavy (non-hydrogen) atoms. The van der Waals surface area contributed by atoms with Gasteiger partial charge in [0.2, 0.25) is 0 Å². The van der Waals surface area contributed by atoms with Crippen LogP contribution in [0.15, 0.2) is 24.3 Å². The zero-order valence-electron chi connectivity index (χ0n) is 8.98. The first-order chi connectivity index (χ1) is 7.13. The van der Waals surface area contributed by atoms with Crippen LogP contribution in [0.25, 0.3) is 0 Å². The molecule has 0 aliphatic heterocycles. The molecular weight excluding hydrogens is 233 g/mol. The minimum Gasteiger partial charge on any atom is -0.466 e. The van der Waals surface area contributed by atoms with Crippen molar-refractivity contribution in [3.63, 3.8) is 0 Å². The molecule has 0 saturated carbocycles. The predicted molar refractivity (Wildman–Crippen MR) is 61.8 cm³/mol. The smallest absolute Gasteiger partial charge is 0.307 e. The largest absolute Gasteiger partial charge is 0.466 e. The lowest BCUT2D eigenvalue weighted by Gasteiger charge is -2.10. The highest BCUT2D eigenvalue weighted by Gasteiger charge is 2.12. The van der Waals surface area contributed by atoms with Gasteiger partial charge in [0.1, 0.15) is 5.82 Å². The molecular formula is C11H15ClFNO2. The second-order valence-electron chi connectivity index (χ2n) is 3.17. The first-order valence-corrected chi connectivity index (χ1v) is 4.80. The molecule has 0 bridgehead atoms. The Hall–Kier alpha value is -1.13. The van der Waals surface area contributed by atoms with E-state index >= 15 is 0 Å². The van der Waals surface area contributed by atoms with Crippen LogP contribution in [0.3, 0.4) is 0 Å². The molecule has 3 nitrogen and oxygen atoms in total. The minimum absolute atomic E-state index is 0. The molecule has 1 atom stereocenters. The first kappa shape index (κ1) is 14.9. The fourth-order valence-corrected chi connectivity index (χ4v) is 1.25. The number of hydrogen-bond acceptors (Lipinski definition) is 3. The highest BCUT2D eigenvalue weighted by molar-refractivity contribution is 5.85. The van der Waals surface area contributed by atoms with Gasteiger partial charge in [-0.15, -0.1) is 12.4 Å². The van der Waals surface area contributed by atoms with Crippen molar-refractivity contribution in [3.8, 4) is 0 Å². The number of carbonyl (C=O) groups excluding carboxylic acids is 1. The highest BCUT2D eigenvalue weighted by atomic mass is 35.5. The fraction of sp³-hybridized carbons (Fsp3) is 0.364. The summed E-state index contributed by atoms with van der Waals surface area (Å²) in [5, 5.41) is 0. The SMILES string of the molecule is CCOC(=O)C[C@H](N)c1cccc(F)c1.Cl. The third kappa shape index (κ3) is 4.59. The maximum atomic E-state index is 12.8. The Labute approximate surface area is 100 Å². The van der Waals surface area contributed by atoms with Gasteiger partial charge in [-0.1, -0.05) is 12.1 Å². The maximum Gasteiger partial charge on any atom is 0.307 e. The highest BCUT2D eigenvalue weighted by Crippen LogP contribution is 2.15. The Morgan fingerprint density at radius 2 is 2.25 bits per heavy atom. The van der Waals surface area contributed by atoms with Crippen LogP contribution in [0.1, 0.15) is 24.9 Å². The van der Waals surface area contributed by atoms with Gasteiger partial charge in [0.25, 0.3) is 0 Å². The van der Waals surface area contributed by atoms with Crippen LogP contribution in [0, 0.1) is 5.82 Å². The summed E-state index contributed by atoms with van der Waals surface area (Å²) in [6.45, 7) is 2.06. The summed E-state index contributed by atoms with van der Waals surface area (Å²) < 4.78 is 17.6. The number of rotatable bonds is 4. The van der Waals surface area contributed by atoms with Crippen molar-refractivity contribution >= 4 is 18.4 Å². The lowest BCUT2D eigenvalue weighted by Crippen LogP contribution is -2.17. The number of hydrogen-bond donors (Lipinski definition) is 1. The van der Waals surface area contributed by atoms with Gasteiger partial charge in [-0.2, -0.15) is 0 Å². The van der Waals surface area contributed by atoms with E-state index in [4.69, 9.17) is 10.5 Å². The van der Waals surface area contributed by atoms with E-state index < -0.39 is 6.04 Å². The molecule has 0 saturated heterocycles. The van der Waals surface area contributed by atoms with E-state index in [0.717, 1.165) is 0 Å². The second kappa shape index (κ2) is 7.19. The minimum atomic E-state index is -0.514. The van der Waals surface area contributed by atoms with Crippen LogP contribution in [0.5, 0.6) is 0 Å². The van der Waals surface area contributed by atoms with Crippen molar-refractivity contribution < 1.29 is 13.9 Å². The molecule has 0 aliphatic rings. The molecule has 1 aromatic rings. The molecule has 2 N–H and O–H groups in total. The molecule has 5 heteroatoms. The molecule has 90 valence electrons. The monoisotopic (exact) mass is 247 g/mol. The Morgan fingerprint density at radius 1 is 1.56 bits per heavy atom. The number of nitrogens with two attached hydrogens (primary N) is 1. The van der Waals surface area contributed by atoms with Crippen molar-refractivity contribution in [1.82, 2.24) is 0 Å². The van der Waals surface area contributed by atoms with Crippen molar-refractivity contribution in [1.29, 1.82) is 0 Å². The number of ether oxygens (including phenoxy) is 1. The van der Waals surface area contributed by atoms with Crippen LogP contribution in [-0.4, -0.2) is 12.6 Å². The number of benzene rings is 1. The Balaban J connectivity index is 0.00000225. The quantitative estimate of drug-likeness (QED) is 0.830. The van der Waals surface area contributed by atoms with Crippen LogP contribution in [-0.2, 0) is 9.53 Å². The van der Waals surface area contributed by atoms with E-state index in [1.54, 1.807) is 19.1 Å². The van der Waals surface area contributed by atoms with Gasteiger partial charge in [-0.05, 0) is 24.6 Å². The van der Waals surface area contributed by atoms with Gasteiger partial charge in [-0.25, -0.2) is 4.39 Å². The third-order valence-corrected chi connectivity index (χ3v) is 1.97. The standard InChI is InChI=1S/C11H14FNO2.ClH/c1-2-15-11(14)7-10(13)8-4-3-5-9(12)6-8;/h3-6,10H,2,7,13H2,1H3;1H/t10-;/m0./s1. The third-order valence-electron chi connectivity index (χ3n) is 1.97. The van der Waals surface area contributed by atoms with E-state index in [-0.39, 0.29) is 30.6 Å². The molecule has 0 radical (unpaired) electrons. The molecule has 1 rings (SSSR count). The average Bonchev–Trinajstić information content (AvgIpc) is 2.18. The lowest BCUT2D eigenvalue weighted by molar-refractivity contribution is -0.143. The van der Waals surface area contributed by atoms with Crippen LogP contribution in [0.2, 0.25) is 0 Å². The van der Waals surface area contributed by atoms with Gasteiger partial charge >= 0.3 is 5.97 Å². The molecule has 0 aliphatic carbocycles. The topological polar surface area (TPSA) is 52.3 Å². The van der Waals surface area contributed by atoms with Crippen LogP contribution in [0.4, 0.5) is 4.39 Å². The summed E-state index contributed by atoms with van der Waals surface area (Å²) in [5.41, 5.74) is 6.33. The lowest BCUT2D eigenvalue weighted by atomic mass is 10.1. The van der Waals surface area contributed by atoms with Crippen LogP contribution < -0.4 is 5.73 Å². The number of esters is 1. The van der Waals surface area contributed by atoms with Crippen molar-refractivity contribution in [3.05, 3.63) is 35.6 Å². The molecule has 0 aromatic heterocycles. The van der Waals surface area contributed by atoms with Gasteiger partial charge in [0.15, 0.2) is 0 Å². The van der Waals surface area contributed by atoms with E-state index in [1.165, 1.54) is 12.1 Å². The summed E-state index contributed by atoms with van der Waals surface area (Å²) in [7, 11) is 0. The van der Waals surface area contributed by atoms with Gasteiger partial charge in [0.05, 0.1) is 13.0 Å². The summed E-state index contributed by atoms with van der Waals surface area (Å²) in [5.74, 6) is -0.721. The molecule has 0 fully saturated rings. The van der Waals surface area contributed by atoms with Gasteiger partial charge < -0.3 is 10.5 Å². The van der Waals surface area contributed by atoms with E-state index in [0.29, 0.717) is 12.2 Å². The average molecular weight is 248 g/mol. The van der Waals surface area contributed by atoms with E-state index in [2.05, 4.69) is 0 Å². The number of carbonyl (C=O) groups is 1. The molecule has 0 unspecified atom stereocenters. The van der Waals surface area contributed by atoms with E-state index in [1.807, 2.05) is 0 Å².